The standard InChI is InChI=1S/C17H27NO3/c1-12-5-4-6-14(9-12)21-11-16(18)15-10-13(19-2)7-8-17(15)20-3/h7-8,10,12,14,16H,4-6,9,11,18H2,1-3H3. The molecule has 118 valence electrons. The van der Waals surface area contributed by atoms with Crippen LogP contribution in [0.5, 0.6) is 11.5 Å². The minimum atomic E-state index is -0.202. The van der Waals surface area contributed by atoms with Crippen molar-refractivity contribution >= 4 is 0 Å². The van der Waals surface area contributed by atoms with E-state index in [1.807, 2.05) is 18.2 Å². The third-order valence-corrected chi connectivity index (χ3v) is 4.24. The molecule has 3 atom stereocenters. The minimum Gasteiger partial charge on any atom is -0.497 e. The molecule has 4 nitrogen and oxygen atoms in total. The first-order chi connectivity index (χ1) is 10.1. The van der Waals surface area contributed by atoms with Crippen LogP contribution in [0.25, 0.3) is 0 Å². The van der Waals surface area contributed by atoms with E-state index in [0.717, 1.165) is 35.8 Å². The first-order valence-electron chi connectivity index (χ1n) is 7.73. The number of benzene rings is 1. The average Bonchev–Trinajstić information content (AvgIpc) is 2.52. The molecule has 3 unspecified atom stereocenters. The highest BCUT2D eigenvalue weighted by Crippen LogP contribution is 2.30. The second-order valence-electron chi connectivity index (χ2n) is 5.94. The highest BCUT2D eigenvalue weighted by Gasteiger charge is 2.21. The number of ether oxygens (including phenoxy) is 3. The molecule has 0 radical (unpaired) electrons. The largest absolute Gasteiger partial charge is 0.497 e. The summed E-state index contributed by atoms with van der Waals surface area (Å²) < 4.78 is 16.7. The highest BCUT2D eigenvalue weighted by molar-refractivity contribution is 5.42. The number of hydrogen-bond acceptors (Lipinski definition) is 4. The molecular weight excluding hydrogens is 266 g/mol. The van der Waals surface area contributed by atoms with E-state index in [4.69, 9.17) is 19.9 Å². The van der Waals surface area contributed by atoms with Crippen molar-refractivity contribution in [3.8, 4) is 11.5 Å². The van der Waals surface area contributed by atoms with E-state index >= 15 is 0 Å². The lowest BCUT2D eigenvalue weighted by molar-refractivity contribution is 0.00827. The Labute approximate surface area is 127 Å². The van der Waals surface area contributed by atoms with Crippen LogP contribution in [0.1, 0.15) is 44.2 Å². The van der Waals surface area contributed by atoms with Crippen molar-refractivity contribution in [3.05, 3.63) is 23.8 Å². The van der Waals surface area contributed by atoms with Gasteiger partial charge in [0.05, 0.1) is 33.0 Å². The molecule has 0 bridgehead atoms. The van der Waals surface area contributed by atoms with Gasteiger partial charge in [-0.05, 0) is 37.0 Å². The van der Waals surface area contributed by atoms with Crippen molar-refractivity contribution < 1.29 is 14.2 Å². The third kappa shape index (κ3) is 4.35. The summed E-state index contributed by atoms with van der Waals surface area (Å²) in [6.07, 6.45) is 5.20. The fourth-order valence-electron chi connectivity index (χ4n) is 2.99. The molecule has 1 fully saturated rings. The van der Waals surface area contributed by atoms with Crippen LogP contribution in [0.4, 0.5) is 0 Å². The van der Waals surface area contributed by atoms with Gasteiger partial charge in [-0.15, -0.1) is 0 Å². The molecule has 21 heavy (non-hydrogen) atoms. The Kier molecular flexibility index (Phi) is 5.88. The second-order valence-corrected chi connectivity index (χ2v) is 5.94. The SMILES string of the molecule is COc1ccc(OC)c(C(N)COC2CCCC(C)C2)c1. The summed E-state index contributed by atoms with van der Waals surface area (Å²) in [5.74, 6) is 2.32. The Morgan fingerprint density at radius 2 is 2.05 bits per heavy atom. The normalized spacial score (nSPS) is 23.6. The molecule has 0 saturated heterocycles. The minimum absolute atomic E-state index is 0.202. The van der Waals surface area contributed by atoms with Crippen LogP contribution in [-0.4, -0.2) is 26.9 Å². The zero-order valence-electron chi connectivity index (χ0n) is 13.3. The Morgan fingerprint density at radius 3 is 2.71 bits per heavy atom. The Hall–Kier alpha value is -1.26. The Morgan fingerprint density at radius 1 is 1.24 bits per heavy atom. The van der Waals surface area contributed by atoms with Gasteiger partial charge in [0, 0.05) is 5.56 Å². The average molecular weight is 293 g/mol. The first-order valence-corrected chi connectivity index (χ1v) is 7.73. The lowest BCUT2D eigenvalue weighted by atomic mass is 9.89. The molecule has 1 saturated carbocycles. The van der Waals surface area contributed by atoms with E-state index < -0.39 is 0 Å². The molecule has 0 aliphatic heterocycles. The molecule has 0 aromatic heterocycles. The van der Waals surface area contributed by atoms with Gasteiger partial charge >= 0.3 is 0 Å². The van der Waals surface area contributed by atoms with E-state index in [1.165, 1.54) is 12.8 Å². The number of rotatable bonds is 6. The van der Waals surface area contributed by atoms with Gasteiger partial charge in [0.25, 0.3) is 0 Å². The predicted octanol–water partition coefficient (Wildman–Crippen LogP) is 3.30. The van der Waals surface area contributed by atoms with Crippen LogP contribution in [0.3, 0.4) is 0 Å². The Bertz CT molecular complexity index is 450. The molecule has 0 spiro atoms. The molecule has 0 amide bonds. The molecule has 2 N–H and O–H groups in total. The maximum Gasteiger partial charge on any atom is 0.123 e. The zero-order valence-corrected chi connectivity index (χ0v) is 13.3. The van der Waals surface area contributed by atoms with Crippen molar-refractivity contribution in [3.63, 3.8) is 0 Å². The summed E-state index contributed by atoms with van der Waals surface area (Å²) in [7, 11) is 3.30. The highest BCUT2D eigenvalue weighted by atomic mass is 16.5. The van der Waals surface area contributed by atoms with Crippen molar-refractivity contribution in [1.82, 2.24) is 0 Å². The molecule has 1 aliphatic rings. The molecule has 0 heterocycles. The summed E-state index contributed by atoms with van der Waals surface area (Å²) in [5, 5.41) is 0. The van der Waals surface area contributed by atoms with Gasteiger partial charge in [-0.25, -0.2) is 0 Å². The van der Waals surface area contributed by atoms with Crippen LogP contribution in [0.2, 0.25) is 0 Å². The van der Waals surface area contributed by atoms with E-state index in [-0.39, 0.29) is 6.04 Å². The van der Waals surface area contributed by atoms with Crippen molar-refractivity contribution in [2.24, 2.45) is 11.7 Å². The summed E-state index contributed by atoms with van der Waals surface area (Å²) in [6, 6.07) is 5.48. The van der Waals surface area contributed by atoms with Crippen molar-refractivity contribution in [1.29, 1.82) is 0 Å². The van der Waals surface area contributed by atoms with E-state index in [2.05, 4.69) is 6.92 Å². The van der Waals surface area contributed by atoms with Crippen LogP contribution in [-0.2, 0) is 4.74 Å². The molecule has 2 rings (SSSR count). The van der Waals surface area contributed by atoms with Crippen molar-refractivity contribution in [2.75, 3.05) is 20.8 Å². The van der Waals surface area contributed by atoms with Crippen LogP contribution >= 0.6 is 0 Å². The van der Waals surface area contributed by atoms with Crippen LogP contribution in [0.15, 0.2) is 18.2 Å². The predicted molar refractivity (Wildman–Crippen MR) is 83.8 cm³/mol. The van der Waals surface area contributed by atoms with E-state index in [1.54, 1.807) is 14.2 Å². The van der Waals surface area contributed by atoms with Gasteiger partial charge in [0.1, 0.15) is 11.5 Å². The maximum atomic E-state index is 6.29. The number of nitrogens with two attached hydrogens (primary N) is 1. The monoisotopic (exact) mass is 293 g/mol. The lowest BCUT2D eigenvalue weighted by Gasteiger charge is -2.28. The van der Waals surface area contributed by atoms with E-state index in [0.29, 0.717) is 12.7 Å². The Balaban J connectivity index is 1.97. The second kappa shape index (κ2) is 7.66. The van der Waals surface area contributed by atoms with Gasteiger partial charge in [0.15, 0.2) is 0 Å². The van der Waals surface area contributed by atoms with Gasteiger partial charge < -0.3 is 19.9 Å². The summed E-state index contributed by atoms with van der Waals surface area (Å²) >= 11 is 0. The van der Waals surface area contributed by atoms with Crippen LogP contribution < -0.4 is 15.2 Å². The van der Waals surface area contributed by atoms with Gasteiger partial charge in [-0.2, -0.15) is 0 Å². The first kappa shape index (κ1) is 16.1. The van der Waals surface area contributed by atoms with Crippen molar-refractivity contribution in [2.45, 2.75) is 44.8 Å². The molecule has 4 heteroatoms. The molecular formula is C17H27NO3. The van der Waals surface area contributed by atoms with Crippen LogP contribution in [0, 0.1) is 5.92 Å². The summed E-state index contributed by atoms with van der Waals surface area (Å²) in [4.78, 5) is 0. The number of hydrogen-bond donors (Lipinski definition) is 1. The quantitative estimate of drug-likeness (QED) is 0.874. The topological polar surface area (TPSA) is 53.7 Å². The third-order valence-electron chi connectivity index (χ3n) is 4.24. The fraction of sp³-hybridized carbons (Fsp3) is 0.647. The molecule has 1 aromatic rings. The number of methoxy groups -OCH3 is 2. The van der Waals surface area contributed by atoms with Gasteiger partial charge in [0.2, 0.25) is 0 Å². The lowest BCUT2D eigenvalue weighted by Crippen LogP contribution is -2.26. The smallest absolute Gasteiger partial charge is 0.123 e. The zero-order chi connectivity index (χ0) is 15.2. The fourth-order valence-corrected chi connectivity index (χ4v) is 2.99. The maximum absolute atomic E-state index is 6.29. The molecule has 1 aromatic carbocycles. The van der Waals surface area contributed by atoms with Gasteiger partial charge in [-0.1, -0.05) is 19.8 Å². The summed E-state index contributed by atoms with van der Waals surface area (Å²) in [6.45, 7) is 2.81. The van der Waals surface area contributed by atoms with E-state index in [9.17, 15) is 0 Å². The summed E-state index contributed by atoms with van der Waals surface area (Å²) in [5.41, 5.74) is 7.22. The molecule has 1 aliphatic carbocycles. The van der Waals surface area contributed by atoms with Gasteiger partial charge in [-0.3, -0.25) is 0 Å².